The lowest BCUT2D eigenvalue weighted by atomic mass is 10.1. The summed E-state index contributed by atoms with van der Waals surface area (Å²) in [5.41, 5.74) is 1.52. The van der Waals surface area contributed by atoms with E-state index in [0.717, 1.165) is 0 Å². The first kappa shape index (κ1) is 17.1. The molecule has 2 aromatic heterocycles. The smallest absolute Gasteiger partial charge is 0.167 e. The quantitative estimate of drug-likeness (QED) is 0.527. The molecule has 0 radical (unpaired) electrons. The van der Waals surface area contributed by atoms with E-state index in [4.69, 9.17) is 16.3 Å². The number of rotatable bonds is 4. The summed E-state index contributed by atoms with van der Waals surface area (Å²) in [5, 5.41) is 33.1. The maximum atomic E-state index is 10.2. The molecule has 0 saturated carbocycles. The number of fused-ring (bicyclic) bond motifs is 1. The number of anilines is 2. The van der Waals surface area contributed by atoms with Crippen LogP contribution in [0.15, 0.2) is 36.9 Å². The topological polar surface area (TPSA) is 126 Å². The van der Waals surface area contributed by atoms with Crippen molar-refractivity contribution in [3.05, 3.63) is 41.9 Å². The SMILES string of the molecule is OC[C@@H]1O[C@H](n2cnc3c(Nc4ccccc4Cl)ncnc32)[C@@H](O)[C@@H]1O. The van der Waals surface area contributed by atoms with Crippen LogP contribution in [0.2, 0.25) is 5.02 Å². The molecular formula is C16H16ClN5O4. The number of imidazole rings is 1. The van der Waals surface area contributed by atoms with Gasteiger partial charge in [0.2, 0.25) is 0 Å². The largest absolute Gasteiger partial charge is 0.394 e. The van der Waals surface area contributed by atoms with Gasteiger partial charge in [0, 0.05) is 0 Å². The third-order valence-corrected chi connectivity index (χ3v) is 4.61. The summed E-state index contributed by atoms with van der Waals surface area (Å²) in [5.74, 6) is 0.439. The lowest BCUT2D eigenvalue weighted by molar-refractivity contribution is -0.0511. The first-order valence-corrected chi connectivity index (χ1v) is 8.29. The van der Waals surface area contributed by atoms with Crippen LogP contribution in [0.4, 0.5) is 11.5 Å². The molecule has 0 unspecified atom stereocenters. The Morgan fingerprint density at radius 3 is 2.69 bits per heavy atom. The first-order chi connectivity index (χ1) is 12.6. The summed E-state index contributed by atoms with van der Waals surface area (Å²) < 4.78 is 7.03. The van der Waals surface area contributed by atoms with Gasteiger partial charge in [0.05, 0.1) is 23.6 Å². The second-order valence-corrected chi connectivity index (χ2v) is 6.29. The van der Waals surface area contributed by atoms with Gasteiger partial charge in [0.25, 0.3) is 0 Å². The number of para-hydroxylation sites is 1. The fraction of sp³-hybridized carbons (Fsp3) is 0.312. The van der Waals surface area contributed by atoms with Crippen LogP contribution in [-0.2, 0) is 4.74 Å². The zero-order chi connectivity index (χ0) is 18.3. The number of nitrogens with one attached hydrogen (secondary N) is 1. The van der Waals surface area contributed by atoms with Gasteiger partial charge in [-0.2, -0.15) is 0 Å². The molecule has 4 atom stereocenters. The van der Waals surface area contributed by atoms with E-state index in [9.17, 15) is 15.3 Å². The first-order valence-electron chi connectivity index (χ1n) is 7.91. The van der Waals surface area contributed by atoms with Crippen molar-refractivity contribution in [1.29, 1.82) is 0 Å². The normalized spacial score (nSPS) is 25.7. The van der Waals surface area contributed by atoms with Crippen LogP contribution in [0.25, 0.3) is 11.2 Å². The summed E-state index contributed by atoms with van der Waals surface area (Å²) in [7, 11) is 0. The van der Waals surface area contributed by atoms with Crippen LogP contribution in [0, 0.1) is 0 Å². The zero-order valence-corrected chi connectivity index (χ0v) is 14.2. The Labute approximate surface area is 152 Å². The van der Waals surface area contributed by atoms with Gasteiger partial charge in [-0.25, -0.2) is 15.0 Å². The molecule has 1 fully saturated rings. The van der Waals surface area contributed by atoms with E-state index >= 15 is 0 Å². The minimum Gasteiger partial charge on any atom is -0.394 e. The number of aromatic nitrogens is 4. The van der Waals surface area contributed by atoms with Crippen molar-refractivity contribution in [2.24, 2.45) is 0 Å². The van der Waals surface area contributed by atoms with Crippen LogP contribution in [0.1, 0.15) is 6.23 Å². The van der Waals surface area contributed by atoms with Crippen LogP contribution >= 0.6 is 11.6 Å². The monoisotopic (exact) mass is 377 g/mol. The number of nitrogens with zero attached hydrogens (tertiary/aromatic N) is 4. The van der Waals surface area contributed by atoms with Gasteiger partial charge in [0.15, 0.2) is 23.2 Å². The Morgan fingerprint density at radius 1 is 1.15 bits per heavy atom. The Bertz CT molecular complexity index is 936. The van der Waals surface area contributed by atoms with Crippen LogP contribution in [0.3, 0.4) is 0 Å². The highest BCUT2D eigenvalue weighted by molar-refractivity contribution is 6.33. The molecule has 136 valence electrons. The van der Waals surface area contributed by atoms with Gasteiger partial charge >= 0.3 is 0 Å². The Hall–Kier alpha value is -2.30. The van der Waals surface area contributed by atoms with Gasteiger partial charge in [-0.15, -0.1) is 0 Å². The summed E-state index contributed by atoms with van der Waals surface area (Å²) >= 11 is 6.17. The molecule has 0 amide bonds. The molecule has 3 heterocycles. The van der Waals surface area contributed by atoms with Crippen molar-refractivity contribution < 1.29 is 20.1 Å². The Kier molecular flexibility index (Phi) is 4.47. The minimum absolute atomic E-state index is 0.407. The molecule has 1 saturated heterocycles. The fourth-order valence-corrected chi connectivity index (χ4v) is 3.11. The van der Waals surface area contributed by atoms with Gasteiger partial charge in [0.1, 0.15) is 24.6 Å². The molecule has 1 aliphatic rings. The average Bonchev–Trinajstić information content (AvgIpc) is 3.19. The van der Waals surface area contributed by atoms with E-state index in [1.54, 1.807) is 12.1 Å². The van der Waals surface area contributed by atoms with Crippen molar-refractivity contribution >= 4 is 34.3 Å². The third kappa shape index (κ3) is 2.79. The molecular weight excluding hydrogens is 362 g/mol. The molecule has 26 heavy (non-hydrogen) atoms. The molecule has 0 bridgehead atoms. The lowest BCUT2D eigenvalue weighted by Gasteiger charge is -2.16. The summed E-state index contributed by atoms with van der Waals surface area (Å²) in [6.07, 6.45) is -1.44. The summed E-state index contributed by atoms with van der Waals surface area (Å²) in [6.45, 7) is -0.407. The van der Waals surface area contributed by atoms with Gasteiger partial charge in [-0.1, -0.05) is 23.7 Å². The molecule has 3 aromatic rings. The number of benzene rings is 1. The molecule has 1 aliphatic heterocycles. The van der Waals surface area contributed by atoms with E-state index in [2.05, 4.69) is 20.3 Å². The Morgan fingerprint density at radius 2 is 1.96 bits per heavy atom. The third-order valence-electron chi connectivity index (χ3n) is 4.28. The number of hydrogen-bond donors (Lipinski definition) is 4. The van der Waals surface area contributed by atoms with Crippen LogP contribution in [0.5, 0.6) is 0 Å². The van der Waals surface area contributed by atoms with E-state index in [0.29, 0.717) is 27.7 Å². The van der Waals surface area contributed by atoms with E-state index in [-0.39, 0.29) is 0 Å². The highest BCUT2D eigenvalue weighted by Gasteiger charge is 2.44. The van der Waals surface area contributed by atoms with Crippen molar-refractivity contribution in [2.75, 3.05) is 11.9 Å². The van der Waals surface area contributed by atoms with E-state index < -0.39 is 31.1 Å². The lowest BCUT2D eigenvalue weighted by Crippen LogP contribution is -2.33. The second kappa shape index (κ2) is 6.78. The zero-order valence-electron chi connectivity index (χ0n) is 13.4. The predicted octanol–water partition coefficient (Wildman–Crippen LogP) is 0.835. The van der Waals surface area contributed by atoms with Crippen molar-refractivity contribution in [1.82, 2.24) is 19.5 Å². The summed E-state index contributed by atoms with van der Waals surface area (Å²) in [4.78, 5) is 12.7. The van der Waals surface area contributed by atoms with E-state index in [1.165, 1.54) is 17.2 Å². The maximum absolute atomic E-state index is 10.2. The maximum Gasteiger partial charge on any atom is 0.167 e. The van der Waals surface area contributed by atoms with Gasteiger partial charge in [-0.3, -0.25) is 4.57 Å². The molecule has 0 spiro atoms. The van der Waals surface area contributed by atoms with Crippen molar-refractivity contribution in [3.8, 4) is 0 Å². The second-order valence-electron chi connectivity index (χ2n) is 5.88. The molecule has 10 heteroatoms. The average molecular weight is 378 g/mol. The number of ether oxygens (including phenoxy) is 1. The number of hydrogen-bond acceptors (Lipinski definition) is 8. The van der Waals surface area contributed by atoms with E-state index in [1.807, 2.05) is 12.1 Å². The minimum atomic E-state index is -1.22. The van der Waals surface area contributed by atoms with Crippen LogP contribution in [-0.4, -0.2) is 59.8 Å². The number of aliphatic hydroxyl groups is 3. The summed E-state index contributed by atoms with van der Waals surface area (Å²) in [6, 6.07) is 7.21. The highest BCUT2D eigenvalue weighted by atomic mass is 35.5. The van der Waals surface area contributed by atoms with Gasteiger partial charge in [-0.05, 0) is 12.1 Å². The number of aliphatic hydroxyl groups excluding tert-OH is 3. The fourth-order valence-electron chi connectivity index (χ4n) is 2.93. The molecule has 9 nitrogen and oxygen atoms in total. The van der Waals surface area contributed by atoms with Crippen molar-refractivity contribution in [2.45, 2.75) is 24.5 Å². The molecule has 4 N–H and O–H groups in total. The van der Waals surface area contributed by atoms with Crippen molar-refractivity contribution in [3.63, 3.8) is 0 Å². The number of halogens is 1. The Balaban J connectivity index is 1.71. The molecule has 0 aliphatic carbocycles. The standard InChI is InChI=1S/C16H16ClN5O4/c17-8-3-1-2-4-9(8)21-14-11-15(19-6-18-14)22(7-20-11)16-13(25)12(24)10(5-23)26-16/h1-4,6-7,10,12-13,16,23-25H,5H2,(H,18,19,21)/t10-,12+,13-,16-/m0/s1. The molecule has 1 aromatic carbocycles. The van der Waals surface area contributed by atoms with Gasteiger partial charge < -0.3 is 25.4 Å². The van der Waals surface area contributed by atoms with Crippen LogP contribution < -0.4 is 5.32 Å². The highest BCUT2D eigenvalue weighted by Crippen LogP contribution is 2.33. The predicted molar refractivity (Wildman–Crippen MR) is 93.1 cm³/mol. The molecule has 4 rings (SSSR count).